The highest BCUT2D eigenvalue weighted by molar-refractivity contribution is 7.91. The molecule has 0 N–H and O–H groups in total. The molecule has 98 valence electrons. The van der Waals surface area contributed by atoms with E-state index in [1.807, 2.05) is 0 Å². The van der Waals surface area contributed by atoms with Gasteiger partial charge >= 0.3 is 0 Å². The summed E-state index contributed by atoms with van der Waals surface area (Å²) in [5.74, 6) is 0.226. The number of aliphatic imine (C=N–C) groups is 1. The molecule has 1 aromatic rings. The van der Waals surface area contributed by atoms with E-state index in [2.05, 4.69) is 4.99 Å². The smallest absolute Gasteiger partial charge is 0.235 e. The van der Waals surface area contributed by atoms with Crippen molar-refractivity contribution < 1.29 is 17.9 Å². The van der Waals surface area contributed by atoms with Gasteiger partial charge in [-0.3, -0.25) is 0 Å². The Morgan fingerprint density at radius 2 is 2.11 bits per heavy atom. The van der Waals surface area contributed by atoms with E-state index in [0.29, 0.717) is 5.56 Å². The monoisotopic (exact) mass is 269 g/mol. The molecule has 1 atom stereocenters. The first kappa shape index (κ1) is 14.4. The van der Waals surface area contributed by atoms with Gasteiger partial charge < -0.3 is 4.74 Å². The van der Waals surface area contributed by atoms with Crippen molar-refractivity contribution in [1.82, 2.24) is 0 Å². The molecular formula is C12H15NO4S. The van der Waals surface area contributed by atoms with E-state index in [-0.39, 0.29) is 16.4 Å². The van der Waals surface area contributed by atoms with E-state index in [4.69, 9.17) is 4.74 Å². The Hall–Kier alpha value is -1.65. The Morgan fingerprint density at radius 3 is 2.61 bits per heavy atom. The van der Waals surface area contributed by atoms with Gasteiger partial charge in [0.2, 0.25) is 6.08 Å². The molecule has 0 aliphatic heterocycles. The van der Waals surface area contributed by atoms with Gasteiger partial charge in [-0.15, -0.1) is 0 Å². The SMILES string of the molecule is CCS(=O)(=O)c1cccc(C(C)N=C=O)c1OC. The largest absolute Gasteiger partial charge is 0.495 e. The van der Waals surface area contributed by atoms with Crippen LogP contribution in [0.15, 0.2) is 28.1 Å². The molecule has 0 aliphatic rings. The van der Waals surface area contributed by atoms with Crippen molar-refractivity contribution in [3.05, 3.63) is 23.8 Å². The Bertz CT molecular complexity index is 574. The average molecular weight is 269 g/mol. The first-order valence-corrected chi connectivity index (χ1v) is 7.09. The van der Waals surface area contributed by atoms with Crippen molar-refractivity contribution >= 4 is 15.9 Å². The number of sulfone groups is 1. The lowest BCUT2D eigenvalue weighted by molar-refractivity contribution is 0.395. The Balaban J connectivity index is 3.49. The van der Waals surface area contributed by atoms with Gasteiger partial charge in [-0.2, -0.15) is 4.99 Å². The molecular weight excluding hydrogens is 254 g/mol. The molecule has 0 bridgehead atoms. The molecule has 0 aliphatic carbocycles. The van der Waals surface area contributed by atoms with Crippen molar-refractivity contribution in [2.24, 2.45) is 4.99 Å². The number of ether oxygens (including phenoxy) is 1. The Labute approximate surface area is 106 Å². The molecule has 1 rings (SSSR count). The number of para-hydroxylation sites is 1. The fourth-order valence-corrected chi connectivity index (χ4v) is 2.71. The highest BCUT2D eigenvalue weighted by Crippen LogP contribution is 2.33. The Kier molecular flexibility index (Phi) is 4.64. The topological polar surface area (TPSA) is 72.8 Å². The maximum atomic E-state index is 11.9. The number of methoxy groups -OCH3 is 1. The zero-order valence-corrected chi connectivity index (χ0v) is 11.3. The number of nitrogens with zero attached hydrogens (tertiary/aromatic N) is 1. The summed E-state index contributed by atoms with van der Waals surface area (Å²) >= 11 is 0. The molecule has 0 amide bonds. The molecule has 0 saturated heterocycles. The third-order valence-corrected chi connectivity index (χ3v) is 4.38. The number of isocyanates is 1. The number of hydrogen-bond acceptors (Lipinski definition) is 5. The lowest BCUT2D eigenvalue weighted by atomic mass is 10.1. The summed E-state index contributed by atoms with van der Waals surface area (Å²) in [4.78, 5) is 14.0. The predicted molar refractivity (Wildman–Crippen MR) is 67.3 cm³/mol. The first-order valence-electron chi connectivity index (χ1n) is 5.44. The van der Waals surface area contributed by atoms with Crippen LogP contribution in [0.3, 0.4) is 0 Å². The van der Waals surface area contributed by atoms with Crippen LogP contribution in [0.25, 0.3) is 0 Å². The Morgan fingerprint density at radius 1 is 1.44 bits per heavy atom. The molecule has 0 radical (unpaired) electrons. The van der Waals surface area contributed by atoms with E-state index in [1.54, 1.807) is 26.0 Å². The molecule has 0 heterocycles. The average Bonchev–Trinajstić information content (AvgIpc) is 2.38. The third-order valence-electron chi connectivity index (χ3n) is 2.63. The quantitative estimate of drug-likeness (QED) is 0.604. The molecule has 0 saturated carbocycles. The summed E-state index contributed by atoms with van der Waals surface area (Å²) in [6.45, 7) is 3.24. The van der Waals surface area contributed by atoms with Crippen LogP contribution in [0.1, 0.15) is 25.5 Å². The fourth-order valence-electron chi connectivity index (χ4n) is 1.63. The van der Waals surface area contributed by atoms with E-state index in [1.165, 1.54) is 19.3 Å². The summed E-state index contributed by atoms with van der Waals surface area (Å²) in [6, 6.07) is 4.28. The molecule has 0 fully saturated rings. The maximum Gasteiger partial charge on any atom is 0.235 e. The number of benzene rings is 1. The molecule has 1 aromatic carbocycles. The van der Waals surface area contributed by atoms with Gasteiger partial charge in [0.15, 0.2) is 9.84 Å². The van der Waals surface area contributed by atoms with Crippen LogP contribution in [-0.2, 0) is 14.6 Å². The van der Waals surface area contributed by atoms with E-state index in [9.17, 15) is 13.2 Å². The molecule has 1 unspecified atom stereocenters. The second kappa shape index (κ2) is 5.80. The van der Waals surface area contributed by atoms with Gasteiger partial charge in [0.1, 0.15) is 10.6 Å². The highest BCUT2D eigenvalue weighted by atomic mass is 32.2. The fraction of sp³-hybridized carbons (Fsp3) is 0.417. The molecule has 0 aromatic heterocycles. The summed E-state index contributed by atoms with van der Waals surface area (Å²) < 4.78 is 29.0. The molecule has 5 nitrogen and oxygen atoms in total. The minimum Gasteiger partial charge on any atom is -0.495 e. The van der Waals surface area contributed by atoms with Crippen molar-refractivity contribution in [3.8, 4) is 5.75 Å². The van der Waals surface area contributed by atoms with Gasteiger partial charge in [-0.1, -0.05) is 19.1 Å². The highest BCUT2D eigenvalue weighted by Gasteiger charge is 2.22. The van der Waals surface area contributed by atoms with Crippen LogP contribution in [0, 0.1) is 0 Å². The van der Waals surface area contributed by atoms with Crippen LogP contribution in [0.4, 0.5) is 0 Å². The summed E-state index contributed by atoms with van der Waals surface area (Å²) in [5, 5.41) is 0. The van der Waals surface area contributed by atoms with Crippen LogP contribution in [-0.4, -0.2) is 27.4 Å². The zero-order chi connectivity index (χ0) is 13.8. The molecule has 6 heteroatoms. The van der Waals surface area contributed by atoms with E-state index in [0.717, 1.165) is 0 Å². The number of rotatable bonds is 5. The summed E-state index contributed by atoms with van der Waals surface area (Å²) in [6.07, 6.45) is 1.46. The first-order chi connectivity index (χ1) is 8.47. The third kappa shape index (κ3) is 2.78. The van der Waals surface area contributed by atoms with Gasteiger partial charge in [0.05, 0.1) is 18.9 Å². The molecule has 0 spiro atoms. The van der Waals surface area contributed by atoms with Gasteiger partial charge in [-0.05, 0) is 13.0 Å². The second-order valence-corrected chi connectivity index (χ2v) is 5.93. The summed E-state index contributed by atoms with van der Waals surface area (Å²) in [5.41, 5.74) is 0.551. The van der Waals surface area contributed by atoms with Gasteiger partial charge in [0, 0.05) is 5.56 Å². The van der Waals surface area contributed by atoms with Crippen molar-refractivity contribution in [2.75, 3.05) is 12.9 Å². The van der Waals surface area contributed by atoms with E-state index < -0.39 is 15.9 Å². The predicted octanol–water partition coefficient (Wildman–Crippen LogP) is 1.89. The molecule has 18 heavy (non-hydrogen) atoms. The maximum absolute atomic E-state index is 11.9. The number of hydrogen-bond donors (Lipinski definition) is 0. The zero-order valence-electron chi connectivity index (χ0n) is 10.5. The number of carbonyl (C=O) groups excluding carboxylic acids is 1. The van der Waals surface area contributed by atoms with Gasteiger partial charge in [-0.25, -0.2) is 13.2 Å². The van der Waals surface area contributed by atoms with E-state index >= 15 is 0 Å². The van der Waals surface area contributed by atoms with Crippen molar-refractivity contribution in [1.29, 1.82) is 0 Å². The van der Waals surface area contributed by atoms with Crippen LogP contribution < -0.4 is 4.74 Å². The van der Waals surface area contributed by atoms with Gasteiger partial charge in [0.25, 0.3) is 0 Å². The minimum atomic E-state index is -3.38. The second-order valence-electron chi connectivity index (χ2n) is 3.68. The normalized spacial score (nSPS) is 12.6. The van der Waals surface area contributed by atoms with Crippen molar-refractivity contribution in [2.45, 2.75) is 24.8 Å². The summed E-state index contributed by atoms with van der Waals surface area (Å²) in [7, 11) is -1.98. The van der Waals surface area contributed by atoms with Crippen LogP contribution >= 0.6 is 0 Å². The van der Waals surface area contributed by atoms with Crippen LogP contribution in [0.2, 0.25) is 0 Å². The lowest BCUT2D eigenvalue weighted by Crippen LogP contribution is -2.08. The van der Waals surface area contributed by atoms with Crippen molar-refractivity contribution in [3.63, 3.8) is 0 Å². The van der Waals surface area contributed by atoms with Crippen LogP contribution in [0.5, 0.6) is 5.75 Å². The standard InChI is InChI=1S/C12H15NO4S/c1-4-18(15,16)11-7-5-6-10(12(11)17-3)9(2)13-8-14/h5-7,9H,4H2,1-3H3. The minimum absolute atomic E-state index is 0.0157. The lowest BCUT2D eigenvalue weighted by Gasteiger charge is -2.14.